The van der Waals surface area contributed by atoms with E-state index < -0.39 is 0 Å². The Bertz CT molecular complexity index is 1020. The van der Waals surface area contributed by atoms with Crippen molar-refractivity contribution in [3.63, 3.8) is 0 Å². The van der Waals surface area contributed by atoms with Crippen LogP contribution in [0.1, 0.15) is 17.3 Å². The Morgan fingerprint density at radius 2 is 1.47 bits per heavy atom. The Morgan fingerprint density at radius 3 is 2.25 bits per heavy atom. The number of hydrogen-bond donors (Lipinski definition) is 3. The lowest BCUT2D eigenvalue weighted by Gasteiger charge is -2.11. The highest BCUT2D eigenvalue weighted by Gasteiger charge is 2.07. The van der Waals surface area contributed by atoms with E-state index in [2.05, 4.69) is 16.0 Å². The van der Waals surface area contributed by atoms with Crippen LogP contribution >= 0.6 is 0 Å². The number of amides is 2. The van der Waals surface area contributed by atoms with Crippen molar-refractivity contribution in [2.24, 2.45) is 0 Å². The predicted octanol–water partition coefficient (Wildman–Crippen LogP) is 3.94. The van der Waals surface area contributed by atoms with Gasteiger partial charge in [0.1, 0.15) is 24.7 Å². The van der Waals surface area contributed by atoms with Crippen molar-refractivity contribution in [2.45, 2.75) is 6.92 Å². The van der Waals surface area contributed by atoms with Crippen molar-refractivity contribution in [2.75, 3.05) is 36.9 Å². The zero-order chi connectivity index (χ0) is 22.6. The number of carbonyl (C=O) groups excluding carboxylic acids is 2. The second-order valence-corrected chi connectivity index (χ2v) is 6.88. The Labute approximate surface area is 187 Å². The van der Waals surface area contributed by atoms with Crippen LogP contribution in [-0.4, -0.2) is 38.1 Å². The summed E-state index contributed by atoms with van der Waals surface area (Å²) >= 11 is 0. The third-order valence-corrected chi connectivity index (χ3v) is 4.40. The fourth-order valence-corrected chi connectivity index (χ4v) is 2.92. The summed E-state index contributed by atoms with van der Waals surface area (Å²) in [5.74, 6) is 1.08. The van der Waals surface area contributed by atoms with E-state index >= 15 is 0 Å². The van der Waals surface area contributed by atoms with Gasteiger partial charge in [0.15, 0.2) is 0 Å². The summed E-state index contributed by atoms with van der Waals surface area (Å²) in [6.45, 7) is 3.29. The molecule has 7 heteroatoms. The SMILES string of the molecule is CCNC(=O)c1cccc(NCC(=O)Nc2cccc(OCCOc3ccccc3)c2)c1. The summed E-state index contributed by atoms with van der Waals surface area (Å²) < 4.78 is 11.3. The van der Waals surface area contributed by atoms with E-state index in [1.807, 2.05) is 55.5 Å². The molecule has 0 atom stereocenters. The highest BCUT2D eigenvalue weighted by atomic mass is 16.5. The fraction of sp³-hybridized carbons (Fsp3) is 0.200. The van der Waals surface area contributed by atoms with Gasteiger partial charge in [-0.2, -0.15) is 0 Å². The Hall–Kier alpha value is -4.00. The average Bonchev–Trinajstić information content (AvgIpc) is 2.82. The van der Waals surface area contributed by atoms with E-state index in [9.17, 15) is 9.59 Å². The molecule has 3 N–H and O–H groups in total. The standard InChI is InChI=1S/C25H27N3O4/c1-2-26-25(30)19-8-6-9-20(16-19)27-18-24(29)28-21-10-7-13-23(17-21)32-15-14-31-22-11-4-3-5-12-22/h3-13,16-17,27H,2,14-15,18H2,1H3,(H,26,30)(H,28,29). The largest absolute Gasteiger partial charge is 0.490 e. The lowest BCUT2D eigenvalue weighted by atomic mass is 10.2. The molecular formula is C25H27N3O4. The quantitative estimate of drug-likeness (QED) is 0.399. The third-order valence-electron chi connectivity index (χ3n) is 4.40. The molecule has 0 unspecified atom stereocenters. The summed E-state index contributed by atoms with van der Waals surface area (Å²) in [4.78, 5) is 24.3. The highest BCUT2D eigenvalue weighted by Crippen LogP contribution is 2.18. The molecule has 0 aliphatic carbocycles. The molecule has 0 fully saturated rings. The van der Waals surface area contributed by atoms with Crippen LogP contribution in [-0.2, 0) is 4.79 Å². The van der Waals surface area contributed by atoms with Crippen LogP contribution in [0, 0.1) is 0 Å². The molecule has 0 bridgehead atoms. The van der Waals surface area contributed by atoms with Gasteiger partial charge in [-0.25, -0.2) is 0 Å². The molecule has 3 aromatic carbocycles. The summed E-state index contributed by atoms with van der Waals surface area (Å²) in [6, 6.07) is 23.7. The van der Waals surface area contributed by atoms with Gasteiger partial charge in [0.25, 0.3) is 5.91 Å². The van der Waals surface area contributed by atoms with Gasteiger partial charge in [-0.3, -0.25) is 9.59 Å². The lowest BCUT2D eigenvalue weighted by Crippen LogP contribution is -2.23. The number of hydrogen-bond acceptors (Lipinski definition) is 5. The van der Waals surface area contributed by atoms with E-state index in [4.69, 9.17) is 9.47 Å². The number of carbonyl (C=O) groups is 2. The smallest absolute Gasteiger partial charge is 0.251 e. The molecule has 3 aromatic rings. The first-order valence-electron chi connectivity index (χ1n) is 10.5. The van der Waals surface area contributed by atoms with Gasteiger partial charge < -0.3 is 25.4 Å². The summed E-state index contributed by atoms with van der Waals surface area (Å²) in [5.41, 5.74) is 1.87. The van der Waals surface area contributed by atoms with Crippen LogP contribution in [0.15, 0.2) is 78.9 Å². The number of benzene rings is 3. The van der Waals surface area contributed by atoms with Crippen LogP contribution < -0.4 is 25.4 Å². The van der Waals surface area contributed by atoms with Crippen LogP contribution in [0.2, 0.25) is 0 Å². The molecule has 32 heavy (non-hydrogen) atoms. The Balaban J connectivity index is 1.44. The van der Waals surface area contributed by atoms with Gasteiger partial charge in [0.05, 0.1) is 6.54 Å². The zero-order valence-electron chi connectivity index (χ0n) is 18.0. The van der Waals surface area contributed by atoms with E-state index in [-0.39, 0.29) is 18.4 Å². The molecule has 0 aliphatic heterocycles. The molecule has 166 valence electrons. The number of nitrogens with one attached hydrogen (secondary N) is 3. The van der Waals surface area contributed by atoms with Gasteiger partial charge in [0.2, 0.25) is 5.91 Å². The predicted molar refractivity (Wildman–Crippen MR) is 125 cm³/mol. The van der Waals surface area contributed by atoms with Crippen LogP contribution in [0.3, 0.4) is 0 Å². The minimum Gasteiger partial charge on any atom is -0.490 e. The molecule has 7 nitrogen and oxygen atoms in total. The van der Waals surface area contributed by atoms with Crippen LogP contribution in [0.25, 0.3) is 0 Å². The molecule has 2 amide bonds. The maximum atomic E-state index is 12.3. The Morgan fingerprint density at radius 1 is 0.781 bits per heavy atom. The van der Waals surface area contributed by atoms with E-state index in [0.29, 0.717) is 42.4 Å². The van der Waals surface area contributed by atoms with Crippen molar-refractivity contribution in [3.05, 3.63) is 84.4 Å². The summed E-state index contributed by atoms with van der Waals surface area (Å²) in [6.07, 6.45) is 0. The molecule has 0 radical (unpaired) electrons. The van der Waals surface area contributed by atoms with Crippen molar-refractivity contribution in [3.8, 4) is 11.5 Å². The maximum Gasteiger partial charge on any atom is 0.251 e. The van der Waals surface area contributed by atoms with Gasteiger partial charge >= 0.3 is 0 Å². The summed E-state index contributed by atoms with van der Waals surface area (Å²) in [5, 5.41) is 8.62. The van der Waals surface area contributed by atoms with E-state index in [1.54, 1.807) is 30.3 Å². The normalized spacial score (nSPS) is 10.2. The molecule has 0 heterocycles. The molecule has 0 aliphatic rings. The van der Waals surface area contributed by atoms with Crippen LogP contribution in [0.4, 0.5) is 11.4 Å². The zero-order valence-corrected chi connectivity index (χ0v) is 18.0. The lowest BCUT2D eigenvalue weighted by molar-refractivity contribution is -0.114. The molecule has 0 spiro atoms. The molecular weight excluding hydrogens is 406 g/mol. The maximum absolute atomic E-state index is 12.3. The van der Waals surface area contributed by atoms with E-state index in [1.165, 1.54) is 0 Å². The minimum atomic E-state index is -0.210. The molecule has 0 saturated carbocycles. The topological polar surface area (TPSA) is 88.7 Å². The number of ether oxygens (including phenoxy) is 2. The first-order chi connectivity index (χ1) is 15.6. The van der Waals surface area contributed by atoms with Crippen molar-refractivity contribution >= 4 is 23.2 Å². The van der Waals surface area contributed by atoms with Crippen LogP contribution in [0.5, 0.6) is 11.5 Å². The first kappa shape index (κ1) is 22.7. The third kappa shape index (κ3) is 7.36. The summed E-state index contributed by atoms with van der Waals surface area (Å²) in [7, 11) is 0. The van der Waals surface area contributed by atoms with E-state index in [0.717, 1.165) is 5.75 Å². The average molecular weight is 434 g/mol. The monoisotopic (exact) mass is 433 g/mol. The van der Waals surface area contributed by atoms with Crippen molar-refractivity contribution in [1.82, 2.24) is 5.32 Å². The van der Waals surface area contributed by atoms with Gasteiger partial charge in [-0.15, -0.1) is 0 Å². The fourth-order valence-electron chi connectivity index (χ4n) is 2.92. The van der Waals surface area contributed by atoms with Crippen molar-refractivity contribution in [1.29, 1.82) is 0 Å². The Kier molecular flexibility index (Phi) is 8.50. The first-order valence-corrected chi connectivity index (χ1v) is 10.5. The second kappa shape index (κ2) is 12.0. The second-order valence-electron chi connectivity index (χ2n) is 6.88. The van der Waals surface area contributed by atoms with Crippen molar-refractivity contribution < 1.29 is 19.1 Å². The molecule has 0 aromatic heterocycles. The van der Waals surface area contributed by atoms with Gasteiger partial charge in [0, 0.05) is 29.5 Å². The number of rotatable bonds is 11. The minimum absolute atomic E-state index is 0.0643. The number of para-hydroxylation sites is 1. The number of anilines is 2. The van der Waals surface area contributed by atoms with Gasteiger partial charge in [-0.1, -0.05) is 30.3 Å². The van der Waals surface area contributed by atoms with Gasteiger partial charge in [-0.05, 0) is 49.4 Å². The highest BCUT2D eigenvalue weighted by molar-refractivity contribution is 5.96. The molecule has 0 saturated heterocycles. The molecule has 3 rings (SSSR count).